The van der Waals surface area contributed by atoms with E-state index in [1.54, 1.807) is 6.92 Å². The van der Waals surface area contributed by atoms with Crippen LogP contribution >= 0.6 is 0 Å². The van der Waals surface area contributed by atoms with Gasteiger partial charge in [0.05, 0.1) is 6.10 Å². The number of carbonyl (C=O) groups excluding carboxylic acids is 1. The van der Waals surface area contributed by atoms with Crippen LogP contribution in [0, 0.1) is 0 Å². The molecule has 0 radical (unpaired) electrons. The van der Waals surface area contributed by atoms with E-state index < -0.39 is 12.2 Å². The Morgan fingerprint density at radius 2 is 2.06 bits per heavy atom. The Labute approximate surface area is 102 Å². The van der Waals surface area contributed by atoms with Gasteiger partial charge in [-0.15, -0.1) is 0 Å². The van der Waals surface area contributed by atoms with Crippen LogP contribution < -0.4 is 10.1 Å². The smallest absolute Gasteiger partial charge is 0.261 e. The summed E-state index contributed by atoms with van der Waals surface area (Å²) >= 11 is 0. The van der Waals surface area contributed by atoms with E-state index in [2.05, 4.69) is 5.32 Å². The second-order valence-corrected chi connectivity index (χ2v) is 3.92. The Kier molecular flexibility index (Phi) is 5.49. The lowest BCUT2D eigenvalue weighted by Gasteiger charge is -2.17. The maximum Gasteiger partial charge on any atom is 0.261 e. The SMILES string of the molecule is CCC(Oc1ccccc1)C(=O)NCC(C)O. The highest BCUT2D eigenvalue weighted by Gasteiger charge is 2.18. The predicted molar refractivity (Wildman–Crippen MR) is 65.8 cm³/mol. The Bertz CT molecular complexity index is 338. The highest BCUT2D eigenvalue weighted by molar-refractivity contribution is 5.81. The molecule has 0 saturated carbocycles. The van der Waals surface area contributed by atoms with Gasteiger partial charge in [0.15, 0.2) is 6.10 Å². The van der Waals surface area contributed by atoms with Crippen molar-refractivity contribution in [3.05, 3.63) is 30.3 Å². The first-order chi connectivity index (χ1) is 8.13. The first kappa shape index (κ1) is 13.5. The molecule has 1 rings (SSSR count). The predicted octanol–water partition coefficient (Wildman–Crippen LogP) is 1.34. The van der Waals surface area contributed by atoms with Gasteiger partial charge in [0.2, 0.25) is 0 Å². The lowest BCUT2D eigenvalue weighted by molar-refractivity contribution is -0.128. The van der Waals surface area contributed by atoms with Gasteiger partial charge < -0.3 is 15.2 Å². The van der Waals surface area contributed by atoms with Gasteiger partial charge in [-0.3, -0.25) is 4.79 Å². The summed E-state index contributed by atoms with van der Waals surface area (Å²) in [4.78, 5) is 11.7. The summed E-state index contributed by atoms with van der Waals surface area (Å²) in [6.07, 6.45) is -0.482. The third-order valence-corrected chi connectivity index (χ3v) is 2.26. The summed E-state index contributed by atoms with van der Waals surface area (Å²) in [7, 11) is 0. The first-order valence-corrected chi connectivity index (χ1v) is 5.81. The van der Waals surface area contributed by atoms with Crippen molar-refractivity contribution in [3.63, 3.8) is 0 Å². The molecule has 4 heteroatoms. The topological polar surface area (TPSA) is 58.6 Å². The number of benzene rings is 1. The van der Waals surface area contributed by atoms with Crippen molar-refractivity contribution in [3.8, 4) is 5.75 Å². The van der Waals surface area contributed by atoms with Gasteiger partial charge >= 0.3 is 0 Å². The number of aliphatic hydroxyl groups excluding tert-OH is 1. The Morgan fingerprint density at radius 3 is 2.59 bits per heavy atom. The molecule has 2 N–H and O–H groups in total. The summed E-state index contributed by atoms with van der Waals surface area (Å²) in [6, 6.07) is 9.22. The van der Waals surface area contributed by atoms with Crippen LogP contribution in [0.4, 0.5) is 0 Å². The molecule has 17 heavy (non-hydrogen) atoms. The lowest BCUT2D eigenvalue weighted by atomic mass is 10.2. The Balaban J connectivity index is 2.51. The number of amides is 1. The lowest BCUT2D eigenvalue weighted by Crippen LogP contribution is -2.40. The van der Waals surface area contributed by atoms with E-state index in [4.69, 9.17) is 9.84 Å². The quantitative estimate of drug-likeness (QED) is 0.785. The Morgan fingerprint density at radius 1 is 1.41 bits per heavy atom. The average Bonchev–Trinajstić information content (AvgIpc) is 2.34. The number of hydrogen-bond acceptors (Lipinski definition) is 3. The molecule has 0 aliphatic rings. The van der Waals surface area contributed by atoms with Gasteiger partial charge in [0.1, 0.15) is 5.75 Å². The summed E-state index contributed by atoms with van der Waals surface area (Å²) in [5.41, 5.74) is 0. The van der Waals surface area contributed by atoms with E-state index in [1.165, 1.54) is 0 Å². The average molecular weight is 237 g/mol. The zero-order valence-corrected chi connectivity index (χ0v) is 10.2. The molecule has 1 aromatic rings. The third-order valence-electron chi connectivity index (χ3n) is 2.26. The van der Waals surface area contributed by atoms with Crippen LogP contribution in [0.2, 0.25) is 0 Å². The molecule has 0 saturated heterocycles. The molecule has 4 nitrogen and oxygen atoms in total. The fraction of sp³-hybridized carbons (Fsp3) is 0.462. The van der Waals surface area contributed by atoms with Crippen molar-refractivity contribution in [2.45, 2.75) is 32.5 Å². The van der Waals surface area contributed by atoms with Crippen molar-refractivity contribution >= 4 is 5.91 Å². The molecule has 94 valence electrons. The van der Waals surface area contributed by atoms with E-state index in [-0.39, 0.29) is 12.5 Å². The van der Waals surface area contributed by atoms with Gasteiger partial charge in [-0.25, -0.2) is 0 Å². The number of ether oxygens (including phenoxy) is 1. The van der Waals surface area contributed by atoms with Crippen molar-refractivity contribution in [1.29, 1.82) is 0 Å². The van der Waals surface area contributed by atoms with Gasteiger partial charge in [0, 0.05) is 6.54 Å². The summed E-state index contributed by atoms with van der Waals surface area (Å²) in [6.45, 7) is 3.75. The maximum absolute atomic E-state index is 11.7. The minimum Gasteiger partial charge on any atom is -0.481 e. The number of rotatable bonds is 6. The number of aliphatic hydroxyl groups is 1. The van der Waals surface area contributed by atoms with Crippen molar-refractivity contribution < 1.29 is 14.6 Å². The van der Waals surface area contributed by atoms with E-state index in [0.29, 0.717) is 12.2 Å². The summed E-state index contributed by atoms with van der Waals surface area (Å²) < 4.78 is 5.56. The monoisotopic (exact) mass is 237 g/mol. The fourth-order valence-corrected chi connectivity index (χ4v) is 1.35. The molecule has 2 unspecified atom stereocenters. The Hall–Kier alpha value is -1.55. The zero-order valence-electron chi connectivity index (χ0n) is 10.2. The van der Waals surface area contributed by atoms with Gasteiger partial charge in [-0.05, 0) is 25.5 Å². The number of para-hydroxylation sites is 1. The second-order valence-electron chi connectivity index (χ2n) is 3.92. The molecule has 0 heterocycles. The molecule has 1 aromatic carbocycles. The third kappa shape index (κ3) is 4.87. The highest BCUT2D eigenvalue weighted by atomic mass is 16.5. The molecule has 1 amide bonds. The van der Waals surface area contributed by atoms with E-state index >= 15 is 0 Å². The van der Waals surface area contributed by atoms with Crippen molar-refractivity contribution in [1.82, 2.24) is 5.32 Å². The van der Waals surface area contributed by atoms with Crippen molar-refractivity contribution in [2.24, 2.45) is 0 Å². The molecule has 0 aliphatic heterocycles. The maximum atomic E-state index is 11.7. The van der Waals surface area contributed by atoms with Gasteiger partial charge in [0.25, 0.3) is 5.91 Å². The van der Waals surface area contributed by atoms with Crippen LogP contribution in [-0.2, 0) is 4.79 Å². The highest BCUT2D eigenvalue weighted by Crippen LogP contribution is 2.12. The molecular formula is C13H19NO3. The minimum atomic E-state index is -0.548. The number of carbonyl (C=O) groups is 1. The molecular weight excluding hydrogens is 218 g/mol. The standard InChI is InChI=1S/C13H19NO3/c1-3-12(13(16)14-9-10(2)15)17-11-7-5-4-6-8-11/h4-8,10,12,15H,3,9H2,1-2H3,(H,14,16). The summed E-state index contributed by atoms with van der Waals surface area (Å²) in [5.74, 6) is 0.476. The van der Waals surface area contributed by atoms with Crippen LogP contribution in [0.3, 0.4) is 0 Å². The number of nitrogens with one attached hydrogen (secondary N) is 1. The molecule has 0 fully saturated rings. The molecule has 0 spiro atoms. The van der Waals surface area contributed by atoms with E-state index in [1.807, 2.05) is 37.3 Å². The molecule has 0 aliphatic carbocycles. The van der Waals surface area contributed by atoms with Crippen molar-refractivity contribution in [2.75, 3.05) is 6.54 Å². The normalized spacial score (nSPS) is 13.8. The minimum absolute atomic E-state index is 0.197. The van der Waals surface area contributed by atoms with E-state index in [0.717, 1.165) is 0 Å². The largest absolute Gasteiger partial charge is 0.481 e. The fourth-order valence-electron chi connectivity index (χ4n) is 1.35. The first-order valence-electron chi connectivity index (χ1n) is 5.81. The second kappa shape index (κ2) is 6.91. The van der Waals surface area contributed by atoms with Gasteiger partial charge in [-0.2, -0.15) is 0 Å². The van der Waals surface area contributed by atoms with Crippen LogP contribution in [0.25, 0.3) is 0 Å². The zero-order chi connectivity index (χ0) is 12.7. The summed E-state index contributed by atoms with van der Waals surface area (Å²) in [5, 5.41) is 11.7. The molecule has 2 atom stereocenters. The van der Waals surface area contributed by atoms with E-state index in [9.17, 15) is 4.79 Å². The van der Waals surface area contributed by atoms with Crippen LogP contribution in [0.15, 0.2) is 30.3 Å². The van der Waals surface area contributed by atoms with Crippen LogP contribution in [0.1, 0.15) is 20.3 Å². The van der Waals surface area contributed by atoms with Gasteiger partial charge in [-0.1, -0.05) is 25.1 Å². The molecule has 0 bridgehead atoms. The number of hydrogen-bond donors (Lipinski definition) is 2. The van der Waals surface area contributed by atoms with Crippen LogP contribution in [-0.4, -0.2) is 29.8 Å². The van der Waals surface area contributed by atoms with Crippen LogP contribution in [0.5, 0.6) is 5.75 Å². The molecule has 0 aromatic heterocycles.